The van der Waals surface area contributed by atoms with Gasteiger partial charge in [-0.25, -0.2) is 0 Å². The first-order valence-corrected chi connectivity index (χ1v) is 11.8. The zero-order valence-corrected chi connectivity index (χ0v) is 20.7. The van der Waals surface area contributed by atoms with E-state index >= 15 is 0 Å². The fourth-order valence-corrected chi connectivity index (χ4v) is 4.84. The molecule has 0 saturated carbocycles. The highest BCUT2D eigenvalue weighted by molar-refractivity contribution is 9.10. The van der Waals surface area contributed by atoms with Crippen molar-refractivity contribution in [1.29, 1.82) is 5.26 Å². The minimum atomic E-state index is -1.22. The number of aryl methyl sites for hydroxylation is 2. The molecule has 2 atom stereocenters. The van der Waals surface area contributed by atoms with Crippen molar-refractivity contribution < 1.29 is 19.1 Å². The van der Waals surface area contributed by atoms with Crippen molar-refractivity contribution in [3.8, 4) is 6.07 Å². The van der Waals surface area contributed by atoms with Crippen LogP contribution < -0.4 is 10.6 Å². The normalized spacial score (nSPS) is 17.7. The quantitative estimate of drug-likeness (QED) is 0.431. The van der Waals surface area contributed by atoms with Crippen LogP contribution in [0.15, 0.2) is 57.5 Å². The van der Waals surface area contributed by atoms with Crippen molar-refractivity contribution in [1.82, 2.24) is 5.32 Å². The Kier molecular flexibility index (Phi) is 7.95. The van der Waals surface area contributed by atoms with E-state index in [-0.39, 0.29) is 22.3 Å². The number of esters is 1. The zero-order chi connectivity index (χ0) is 24.1. The van der Waals surface area contributed by atoms with E-state index in [1.54, 1.807) is 18.2 Å². The lowest BCUT2D eigenvalue weighted by Gasteiger charge is -2.31. The topological polar surface area (TPSA) is 108 Å². The van der Waals surface area contributed by atoms with E-state index in [2.05, 4.69) is 32.6 Å². The predicted molar refractivity (Wildman–Crippen MR) is 130 cm³/mol. The number of ether oxygens (including phenoxy) is 1. The van der Waals surface area contributed by atoms with Crippen LogP contribution in [0.3, 0.4) is 0 Å². The lowest BCUT2D eigenvalue weighted by atomic mass is 9.78. The number of nitrogens with zero attached hydrogens (tertiary/aromatic N) is 1. The number of benzene rings is 2. The molecule has 2 N–H and O–H groups in total. The van der Waals surface area contributed by atoms with Crippen molar-refractivity contribution in [2.45, 2.75) is 19.8 Å². The SMILES string of the molecule is COC(=O)[C@@H]1C(=O)NC(SCC(=O)Nc2cc(C)ccc2C)=C(C#N)[C@@H]1c1cccc(Br)c1. The van der Waals surface area contributed by atoms with E-state index in [0.717, 1.165) is 27.4 Å². The summed E-state index contributed by atoms with van der Waals surface area (Å²) >= 11 is 4.44. The Hall–Kier alpha value is -3.09. The number of nitriles is 1. The van der Waals surface area contributed by atoms with E-state index in [1.807, 2.05) is 38.1 Å². The molecule has 0 aliphatic carbocycles. The molecule has 0 unspecified atom stereocenters. The molecule has 0 aromatic heterocycles. The molecule has 0 saturated heterocycles. The average molecular weight is 528 g/mol. The van der Waals surface area contributed by atoms with Gasteiger partial charge in [-0.05, 0) is 48.7 Å². The number of nitrogens with one attached hydrogen (secondary N) is 2. The number of anilines is 1. The largest absolute Gasteiger partial charge is 0.468 e. The molecule has 0 spiro atoms. The maximum atomic E-state index is 12.9. The molecule has 2 aromatic rings. The van der Waals surface area contributed by atoms with Gasteiger partial charge in [0.2, 0.25) is 11.8 Å². The summed E-state index contributed by atoms with van der Waals surface area (Å²) in [6.45, 7) is 3.83. The van der Waals surface area contributed by atoms with E-state index in [4.69, 9.17) is 4.74 Å². The van der Waals surface area contributed by atoms with Crippen LogP contribution in [0.1, 0.15) is 22.6 Å². The molecule has 2 aromatic carbocycles. The highest BCUT2D eigenvalue weighted by Crippen LogP contribution is 2.40. The second kappa shape index (κ2) is 10.7. The Morgan fingerprint density at radius 1 is 1.24 bits per heavy atom. The molecule has 2 amide bonds. The number of carbonyl (C=O) groups is 3. The summed E-state index contributed by atoms with van der Waals surface area (Å²) in [6.07, 6.45) is 0. The zero-order valence-electron chi connectivity index (χ0n) is 18.3. The summed E-state index contributed by atoms with van der Waals surface area (Å²) in [4.78, 5) is 37.9. The fourth-order valence-electron chi connectivity index (χ4n) is 3.57. The van der Waals surface area contributed by atoms with E-state index in [9.17, 15) is 19.6 Å². The van der Waals surface area contributed by atoms with Crippen molar-refractivity contribution >= 4 is 51.2 Å². The third-order valence-electron chi connectivity index (χ3n) is 5.21. The van der Waals surface area contributed by atoms with Crippen LogP contribution in [0, 0.1) is 31.1 Å². The van der Waals surface area contributed by atoms with Crippen LogP contribution in [-0.4, -0.2) is 30.6 Å². The van der Waals surface area contributed by atoms with Gasteiger partial charge in [-0.1, -0.05) is 52.0 Å². The van der Waals surface area contributed by atoms with Gasteiger partial charge in [0, 0.05) is 16.1 Å². The lowest BCUT2D eigenvalue weighted by molar-refractivity contribution is -0.150. The first kappa shape index (κ1) is 24.6. The monoisotopic (exact) mass is 527 g/mol. The standard InChI is InChI=1S/C24H22BrN3O4S/c1-13-7-8-14(2)18(9-13)27-19(29)12-33-23-17(11-26)20(15-5-4-6-16(25)10-15)21(22(30)28-23)24(31)32-3/h4-10,20-21H,12H2,1-3H3,(H,27,29)(H,28,30)/t20-,21-/m0/s1. The summed E-state index contributed by atoms with van der Waals surface area (Å²) in [5, 5.41) is 15.7. The van der Waals surface area contributed by atoms with Crippen molar-refractivity contribution in [2.75, 3.05) is 18.2 Å². The molecule has 170 valence electrons. The van der Waals surface area contributed by atoms with Gasteiger partial charge in [0.25, 0.3) is 0 Å². The summed E-state index contributed by atoms with van der Waals surface area (Å²) in [5.74, 6) is -3.67. The number of hydrogen-bond acceptors (Lipinski definition) is 6. The van der Waals surface area contributed by atoms with Crippen LogP contribution in [-0.2, 0) is 19.1 Å². The maximum absolute atomic E-state index is 12.9. The lowest BCUT2D eigenvalue weighted by Crippen LogP contribution is -2.44. The van der Waals surface area contributed by atoms with Crippen LogP contribution in [0.5, 0.6) is 0 Å². The first-order valence-electron chi connectivity index (χ1n) is 10.0. The minimum Gasteiger partial charge on any atom is -0.468 e. The summed E-state index contributed by atoms with van der Waals surface area (Å²) in [7, 11) is 1.20. The van der Waals surface area contributed by atoms with Crippen LogP contribution >= 0.6 is 27.7 Å². The third kappa shape index (κ3) is 5.64. The second-order valence-electron chi connectivity index (χ2n) is 7.53. The number of allylic oxidation sites excluding steroid dienone is 1. The molecule has 9 heteroatoms. The molecule has 1 heterocycles. The van der Waals surface area contributed by atoms with Crippen molar-refractivity contribution in [2.24, 2.45) is 5.92 Å². The summed E-state index contributed by atoms with van der Waals surface area (Å²) in [6, 6.07) is 15.0. The minimum absolute atomic E-state index is 0.0255. The Morgan fingerprint density at radius 3 is 2.67 bits per heavy atom. The van der Waals surface area contributed by atoms with Crippen molar-refractivity contribution in [3.63, 3.8) is 0 Å². The fraction of sp³-hybridized carbons (Fsp3) is 0.250. The second-order valence-corrected chi connectivity index (χ2v) is 9.43. The van der Waals surface area contributed by atoms with Gasteiger partial charge in [0.15, 0.2) is 0 Å². The smallest absolute Gasteiger partial charge is 0.319 e. The van der Waals surface area contributed by atoms with Crippen LogP contribution in [0.25, 0.3) is 0 Å². The Morgan fingerprint density at radius 2 is 2.00 bits per heavy atom. The van der Waals surface area contributed by atoms with Gasteiger partial charge in [-0.2, -0.15) is 5.26 Å². The molecule has 1 aliphatic heterocycles. The highest BCUT2D eigenvalue weighted by atomic mass is 79.9. The number of hydrogen-bond donors (Lipinski definition) is 2. The Balaban J connectivity index is 1.90. The van der Waals surface area contributed by atoms with E-state index in [1.165, 1.54) is 7.11 Å². The molecule has 1 aliphatic rings. The first-order chi connectivity index (χ1) is 15.7. The Bertz CT molecular complexity index is 1190. The van der Waals surface area contributed by atoms with E-state index < -0.39 is 23.7 Å². The molecule has 0 radical (unpaired) electrons. The molecule has 3 rings (SSSR count). The highest BCUT2D eigenvalue weighted by Gasteiger charge is 2.44. The Labute approximate surface area is 204 Å². The predicted octanol–water partition coefficient (Wildman–Crippen LogP) is 4.18. The van der Waals surface area contributed by atoms with Gasteiger partial charge in [0.1, 0.15) is 5.92 Å². The third-order valence-corrected chi connectivity index (χ3v) is 6.72. The number of rotatable bonds is 6. The number of halogens is 1. The van der Waals surface area contributed by atoms with E-state index in [0.29, 0.717) is 11.3 Å². The van der Waals surface area contributed by atoms with Crippen LogP contribution in [0.2, 0.25) is 0 Å². The molecule has 0 fully saturated rings. The van der Waals surface area contributed by atoms with Gasteiger partial charge < -0.3 is 15.4 Å². The molecule has 33 heavy (non-hydrogen) atoms. The van der Waals surface area contributed by atoms with Gasteiger partial charge >= 0.3 is 5.97 Å². The number of thioether (sulfide) groups is 1. The van der Waals surface area contributed by atoms with Crippen molar-refractivity contribution in [3.05, 3.63) is 74.2 Å². The van der Waals surface area contributed by atoms with Crippen LogP contribution in [0.4, 0.5) is 5.69 Å². The average Bonchev–Trinajstić information content (AvgIpc) is 2.79. The summed E-state index contributed by atoms with van der Waals surface area (Å²) in [5.41, 5.74) is 3.47. The summed E-state index contributed by atoms with van der Waals surface area (Å²) < 4.78 is 5.59. The molecule has 7 nitrogen and oxygen atoms in total. The van der Waals surface area contributed by atoms with Gasteiger partial charge in [0.05, 0.1) is 29.5 Å². The molecular weight excluding hydrogens is 506 g/mol. The van der Waals surface area contributed by atoms with Gasteiger partial charge in [-0.15, -0.1) is 0 Å². The molecular formula is C24H22BrN3O4S. The number of amides is 2. The number of carbonyl (C=O) groups excluding carboxylic acids is 3. The van der Waals surface area contributed by atoms with Gasteiger partial charge in [-0.3, -0.25) is 14.4 Å². The maximum Gasteiger partial charge on any atom is 0.319 e. The molecule has 0 bridgehead atoms. The number of methoxy groups -OCH3 is 1.